The van der Waals surface area contributed by atoms with Crippen molar-refractivity contribution < 1.29 is 37.1 Å². The number of fused-ring (bicyclic) bond motifs is 1. The second kappa shape index (κ2) is 19.8. The van der Waals surface area contributed by atoms with Crippen molar-refractivity contribution in [2.45, 2.75) is 103 Å². The first-order valence-electron chi connectivity index (χ1n) is 24.7. The molecule has 17 heteroatoms. The molecule has 368 valence electrons. The zero-order chi connectivity index (χ0) is 48.6. The summed E-state index contributed by atoms with van der Waals surface area (Å²) in [5.41, 5.74) is 8.64. The van der Waals surface area contributed by atoms with Gasteiger partial charge in [0.1, 0.15) is 17.4 Å². The van der Waals surface area contributed by atoms with Gasteiger partial charge in [0, 0.05) is 93.1 Å². The molecule has 2 saturated carbocycles. The highest BCUT2D eigenvalue weighted by Gasteiger charge is 2.40. The van der Waals surface area contributed by atoms with Crippen LogP contribution in [0, 0.1) is 24.2 Å². The van der Waals surface area contributed by atoms with Crippen LogP contribution in [0.2, 0.25) is 0 Å². The number of imide groups is 1. The van der Waals surface area contributed by atoms with Gasteiger partial charge in [-0.3, -0.25) is 29.5 Å². The summed E-state index contributed by atoms with van der Waals surface area (Å²) in [6.07, 6.45) is 5.61. The maximum Gasteiger partial charge on any atom is 0.416 e. The van der Waals surface area contributed by atoms with Crippen LogP contribution in [0.5, 0.6) is 5.75 Å². The third-order valence-electron chi connectivity index (χ3n) is 15.8. The predicted molar refractivity (Wildman–Crippen MR) is 258 cm³/mol. The molecule has 5 amide bonds. The molecule has 4 heterocycles. The number of likely N-dealkylation sites (tertiary alicyclic amines) is 1. The third-order valence-corrected chi connectivity index (χ3v) is 15.8. The van der Waals surface area contributed by atoms with E-state index in [0.29, 0.717) is 52.2 Å². The van der Waals surface area contributed by atoms with Crippen molar-refractivity contribution in [2.75, 3.05) is 75.4 Å². The van der Waals surface area contributed by atoms with Gasteiger partial charge < -0.3 is 25.6 Å². The minimum absolute atomic E-state index is 0.0163. The lowest BCUT2D eigenvalue weighted by molar-refractivity contribution is -0.139. The van der Waals surface area contributed by atoms with E-state index in [1.807, 2.05) is 17.0 Å². The number of piperidine rings is 1. The van der Waals surface area contributed by atoms with Crippen molar-refractivity contribution in [3.05, 3.63) is 82.7 Å². The van der Waals surface area contributed by atoms with Crippen LogP contribution >= 0.6 is 0 Å². The highest BCUT2D eigenvalue weighted by atomic mass is 19.4. The Morgan fingerprint density at radius 3 is 2.29 bits per heavy atom. The second-order valence-electron chi connectivity index (χ2n) is 20.2. The lowest BCUT2D eigenvalue weighted by Gasteiger charge is -2.47. The number of carbonyl (C=O) groups is 4. The highest BCUT2D eigenvalue weighted by molar-refractivity contribution is 6.06. The minimum atomic E-state index is -4.53. The van der Waals surface area contributed by atoms with Crippen LogP contribution in [0.15, 0.2) is 54.6 Å². The summed E-state index contributed by atoms with van der Waals surface area (Å²) in [5, 5.41) is 6.43. The van der Waals surface area contributed by atoms with Gasteiger partial charge in [0.15, 0.2) is 0 Å². The number of nitrogen functional groups attached to an aromatic ring is 1. The molecule has 4 aromatic rings. The van der Waals surface area contributed by atoms with Gasteiger partial charge in [0.2, 0.25) is 11.8 Å². The second-order valence-corrected chi connectivity index (χ2v) is 20.2. The maximum absolute atomic E-state index is 13.9. The highest BCUT2D eigenvalue weighted by Crippen LogP contribution is 2.47. The van der Waals surface area contributed by atoms with E-state index < -0.39 is 23.8 Å². The number of urea groups is 1. The number of hydrogen-bond acceptors (Lipinski definition) is 10. The minimum Gasteiger partial charge on any atom is -0.496 e. The summed E-state index contributed by atoms with van der Waals surface area (Å²) in [5.74, 6) is 2.44. The van der Waals surface area contributed by atoms with Gasteiger partial charge in [0.05, 0.1) is 24.2 Å². The molecule has 0 radical (unpaired) electrons. The standard InChI is InChI=1S/C52H64F3N9O5/c1-32(38-25-39(52(53,54)55)28-40(56)26-38)57-47-43-29-42(45(69-3)30-44(43)58-33(2)59-47)35-7-9-36(10-8-35)48(66)63-23-21-61(22-24-63)31-34-11-14-51(15-12-34)16-19-62(20-17-51)49(67)37-5-4-6-41(27-37)64-18-13-46(65)60-50(64)68/h4-6,25-30,32,34-36H,7-24,31,56H2,1-3H3,(H,57,58,59)(H,60,65,68)/t32-,35-,36-/m1/s1. The monoisotopic (exact) mass is 951 g/mol. The van der Waals surface area contributed by atoms with E-state index in [0.717, 1.165) is 107 Å². The molecule has 5 aliphatic rings. The molecule has 2 aliphatic carbocycles. The molecule has 9 rings (SSSR count). The average Bonchev–Trinajstić information content (AvgIpc) is 3.34. The number of rotatable bonds is 10. The van der Waals surface area contributed by atoms with Crippen LogP contribution in [-0.4, -0.2) is 108 Å². The number of nitrogens with zero attached hydrogens (tertiary/aromatic N) is 6. The zero-order valence-corrected chi connectivity index (χ0v) is 39.9. The molecule has 3 aromatic carbocycles. The Morgan fingerprint density at radius 1 is 0.884 bits per heavy atom. The number of nitrogens with two attached hydrogens (primary N) is 1. The number of aromatic nitrogens is 2. The molecular formula is C52H64F3N9O5. The number of piperazine rings is 1. The summed E-state index contributed by atoms with van der Waals surface area (Å²) in [4.78, 5) is 69.0. The Kier molecular flexibility index (Phi) is 13.8. The van der Waals surface area contributed by atoms with Crippen molar-refractivity contribution in [1.29, 1.82) is 0 Å². The number of hydrogen-bond donors (Lipinski definition) is 3. The number of alkyl halides is 3. The number of carbonyl (C=O) groups excluding carboxylic acids is 4. The number of aryl methyl sites for hydroxylation is 1. The van der Waals surface area contributed by atoms with Gasteiger partial charge in [-0.1, -0.05) is 6.07 Å². The molecule has 69 heavy (non-hydrogen) atoms. The zero-order valence-electron chi connectivity index (χ0n) is 39.9. The van der Waals surface area contributed by atoms with Gasteiger partial charge in [-0.15, -0.1) is 0 Å². The van der Waals surface area contributed by atoms with E-state index in [4.69, 9.17) is 10.5 Å². The Bertz CT molecular complexity index is 2570. The first-order valence-corrected chi connectivity index (χ1v) is 24.7. The van der Waals surface area contributed by atoms with Gasteiger partial charge in [-0.05, 0) is 149 Å². The van der Waals surface area contributed by atoms with E-state index >= 15 is 0 Å². The van der Waals surface area contributed by atoms with Crippen LogP contribution in [0.1, 0.15) is 122 Å². The normalized spacial score (nSPS) is 22.1. The number of halogens is 3. The van der Waals surface area contributed by atoms with Crippen molar-refractivity contribution in [1.82, 2.24) is 30.0 Å². The fraction of sp³-hybridized carbons (Fsp3) is 0.538. The molecule has 1 aromatic heterocycles. The first-order chi connectivity index (χ1) is 33.0. The lowest BCUT2D eigenvalue weighted by atomic mass is 9.65. The number of methoxy groups -OCH3 is 1. The molecule has 0 bridgehead atoms. The summed E-state index contributed by atoms with van der Waals surface area (Å²) >= 11 is 0. The van der Waals surface area contributed by atoms with E-state index in [1.54, 1.807) is 51.3 Å². The molecular weight excluding hydrogens is 888 g/mol. The molecule has 1 atom stereocenters. The first kappa shape index (κ1) is 48.1. The number of nitrogens with one attached hydrogen (secondary N) is 2. The Morgan fingerprint density at radius 2 is 1.61 bits per heavy atom. The topological polar surface area (TPSA) is 166 Å². The summed E-state index contributed by atoms with van der Waals surface area (Å²) in [6, 6.07) is 13.7. The Balaban J connectivity index is 0.733. The van der Waals surface area contributed by atoms with Gasteiger partial charge >= 0.3 is 12.2 Å². The number of anilines is 3. The fourth-order valence-corrected chi connectivity index (χ4v) is 11.7. The molecule has 1 spiro atoms. The predicted octanol–water partition coefficient (Wildman–Crippen LogP) is 8.70. The van der Waals surface area contributed by atoms with Crippen molar-refractivity contribution in [3.63, 3.8) is 0 Å². The lowest BCUT2D eigenvalue weighted by Crippen LogP contribution is -2.52. The molecule has 3 aliphatic heterocycles. The molecule has 0 unspecified atom stereocenters. The summed E-state index contributed by atoms with van der Waals surface area (Å²) in [6.45, 7) is 9.60. The Hall–Kier alpha value is -5.97. The quantitative estimate of drug-likeness (QED) is 0.131. The summed E-state index contributed by atoms with van der Waals surface area (Å²) < 4.78 is 46.8. The number of ether oxygens (including phenoxy) is 1. The van der Waals surface area contributed by atoms with E-state index in [2.05, 4.69) is 30.4 Å². The Labute approximate surface area is 401 Å². The average molecular weight is 952 g/mol. The van der Waals surface area contributed by atoms with Crippen molar-refractivity contribution in [2.24, 2.45) is 17.3 Å². The van der Waals surface area contributed by atoms with Crippen LogP contribution in [0.4, 0.5) is 35.2 Å². The third kappa shape index (κ3) is 10.6. The van der Waals surface area contributed by atoms with Crippen LogP contribution in [0.25, 0.3) is 10.9 Å². The number of benzene rings is 3. The van der Waals surface area contributed by atoms with Gasteiger partial charge in [-0.25, -0.2) is 14.8 Å². The van der Waals surface area contributed by atoms with Gasteiger partial charge in [0.25, 0.3) is 5.91 Å². The van der Waals surface area contributed by atoms with Crippen LogP contribution < -0.4 is 26.0 Å². The van der Waals surface area contributed by atoms with E-state index in [1.165, 1.54) is 30.6 Å². The van der Waals surface area contributed by atoms with E-state index in [9.17, 15) is 32.3 Å². The fourth-order valence-electron chi connectivity index (χ4n) is 11.7. The molecule has 4 N–H and O–H groups in total. The maximum atomic E-state index is 13.9. The SMILES string of the molecule is COc1cc2nc(C)nc(N[C@H](C)c3cc(N)cc(C(F)(F)F)c3)c2cc1[C@H]1CC[C@H](C(=O)N2CCN(CC3CCC4(CC3)CCN(C(=O)c3cccc(N5CCC(=O)NC5=O)c3)CC4)CC2)CC1. The van der Waals surface area contributed by atoms with Crippen molar-refractivity contribution in [3.8, 4) is 5.75 Å². The number of amides is 5. The molecule has 5 fully saturated rings. The van der Waals surface area contributed by atoms with Gasteiger partial charge in [-0.2, -0.15) is 13.2 Å². The molecule has 14 nitrogen and oxygen atoms in total. The van der Waals surface area contributed by atoms with Crippen LogP contribution in [0.3, 0.4) is 0 Å². The smallest absolute Gasteiger partial charge is 0.416 e. The largest absolute Gasteiger partial charge is 0.496 e. The van der Waals surface area contributed by atoms with Crippen LogP contribution in [-0.2, 0) is 15.8 Å². The molecule has 3 saturated heterocycles. The van der Waals surface area contributed by atoms with Crippen molar-refractivity contribution >= 4 is 51.8 Å². The summed E-state index contributed by atoms with van der Waals surface area (Å²) in [7, 11) is 1.64. The van der Waals surface area contributed by atoms with E-state index in [-0.39, 0.29) is 47.1 Å².